The summed E-state index contributed by atoms with van der Waals surface area (Å²) in [5, 5.41) is 0. The number of benzene rings is 1. The van der Waals surface area contributed by atoms with Gasteiger partial charge in [-0.2, -0.15) is 0 Å². The lowest BCUT2D eigenvalue weighted by molar-refractivity contribution is 0.564. The Morgan fingerprint density at radius 3 is 2.25 bits per heavy atom. The van der Waals surface area contributed by atoms with Crippen LogP contribution in [0.15, 0.2) is 18.2 Å². The quantitative estimate of drug-likeness (QED) is 0.640. The molecule has 0 saturated heterocycles. The fraction of sp³-hybridized carbons (Fsp3) is 0.222. The summed E-state index contributed by atoms with van der Waals surface area (Å²) >= 11 is 4.76. The van der Waals surface area contributed by atoms with Crippen LogP contribution in [0.3, 0.4) is 0 Å². The average Bonchev–Trinajstić information content (AvgIpc) is 1.97. The van der Waals surface area contributed by atoms with Gasteiger partial charge in [0.15, 0.2) is 0 Å². The molecule has 0 aliphatic carbocycles. The number of hydrogen-bond acceptors (Lipinski definition) is 1. The number of hydrogen-bond donors (Lipinski definition) is 0. The molecule has 0 aromatic heterocycles. The molecule has 1 aromatic carbocycles. The molecule has 12 heavy (non-hydrogen) atoms. The molecule has 0 saturated carbocycles. The molecule has 3 heteroatoms. The van der Waals surface area contributed by atoms with E-state index in [-0.39, 0.29) is 12.0 Å². The Labute approximate surface area is 75.2 Å². The summed E-state index contributed by atoms with van der Waals surface area (Å²) in [5.41, 5.74) is 0.0602. The zero-order chi connectivity index (χ0) is 9.14. The van der Waals surface area contributed by atoms with Crippen molar-refractivity contribution in [2.75, 3.05) is 0 Å². The van der Waals surface area contributed by atoms with Crippen molar-refractivity contribution in [2.45, 2.75) is 13.3 Å². The third-order valence-corrected chi connectivity index (χ3v) is 1.63. The van der Waals surface area contributed by atoms with E-state index in [9.17, 15) is 8.78 Å². The molecule has 0 bridgehead atoms. The molecule has 0 aliphatic heterocycles. The molecule has 0 radical (unpaired) electrons. The van der Waals surface area contributed by atoms with Gasteiger partial charge in [-0.15, -0.1) is 0 Å². The van der Waals surface area contributed by atoms with Crippen LogP contribution in [0, 0.1) is 11.6 Å². The van der Waals surface area contributed by atoms with E-state index in [1.165, 1.54) is 18.2 Å². The van der Waals surface area contributed by atoms with Gasteiger partial charge in [-0.05, 0) is 23.9 Å². The first kappa shape index (κ1) is 9.26. The molecule has 0 fully saturated rings. The highest BCUT2D eigenvalue weighted by atomic mass is 32.1. The van der Waals surface area contributed by atoms with Crippen molar-refractivity contribution < 1.29 is 8.78 Å². The SMILES string of the molecule is CC(=S)Cc1c(F)cccc1F. The van der Waals surface area contributed by atoms with Gasteiger partial charge in [0, 0.05) is 12.0 Å². The molecular weight excluding hydrogens is 178 g/mol. The summed E-state index contributed by atoms with van der Waals surface area (Å²) in [7, 11) is 0. The van der Waals surface area contributed by atoms with E-state index < -0.39 is 11.6 Å². The Hall–Kier alpha value is -0.830. The summed E-state index contributed by atoms with van der Waals surface area (Å²) in [6.07, 6.45) is 0.188. The summed E-state index contributed by atoms with van der Waals surface area (Å²) in [5.74, 6) is -1.06. The summed E-state index contributed by atoms with van der Waals surface area (Å²) < 4.78 is 25.8. The maximum absolute atomic E-state index is 12.9. The second-order valence-corrected chi connectivity index (χ2v) is 3.28. The predicted octanol–water partition coefficient (Wildman–Crippen LogP) is 2.90. The van der Waals surface area contributed by atoms with E-state index in [1.807, 2.05) is 0 Å². The number of rotatable bonds is 2. The molecule has 0 amide bonds. The first-order valence-electron chi connectivity index (χ1n) is 3.53. The molecular formula is C9H8F2S. The molecule has 0 heterocycles. The van der Waals surface area contributed by atoms with Crippen molar-refractivity contribution in [3.63, 3.8) is 0 Å². The van der Waals surface area contributed by atoms with Gasteiger partial charge in [-0.25, -0.2) is 8.78 Å². The lowest BCUT2D eigenvalue weighted by Crippen LogP contribution is -2.00. The van der Waals surface area contributed by atoms with Crippen LogP contribution in [0.5, 0.6) is 0 Å². The van der Waals surface area contributed by atoms with Gasteiger partial charge in [0.05, 0.1) is 0 Å². The van der Waals surface area contributed by atoms with E-state index in [0.29, 0.717) is 4.86 Å². The second kappa shape index (κ2) is 3.72. The van der Waals surface area contributed by atoms with Crippen molar-refractivity contribution in [1.29, 1.82) is 0 Å². The van der Waals surface area contributed by atoms with E-state index in [2.05, 4.69) is 0 Å². The lowest BCUT2D eigenvalue weighted by atomic mass is 10.1. The molecule has 0 unspecified atom stereocenters. The van der Waals surface area contributed by atoms with Gasteiger partial charge in [0.1, 0.15) is 11.6 Å². The van der Waals surface area contributed by atoms with E-state index >= 15 is 0 Å². The number of halogens is 2. The summed E-state index contributed by atoms with van der Waals surface area (Å²) in [6, 6.07) is 3.81. The minimum absolute atomic E-state index is 0.0602. The van der Waals surface area contributed by atoms with Crippen LogP contribution in [0.1, 0.15) is 12.5 Å². The van der Waals surface area contributed by atoms with E-state index in [0.717, 1.165) is 0 Å². The molecule has 0 spiro atoms. The Kier molecular flexibility index (Phi) is 2.87. The largest absolute Gasteiger partial charge is 0.207 e. The molecule has 1 aromatic rings. The smallest absolute Gasteiger partial charge is 0.129 e. The highest BCUT2D eigenvalue weighted by Crippen LogP contribution is 2.12. The van der Waals surface area contributed by atoms with Crippen LogP contribution < -0.4 is 0 Å². The normalized spacial score (nSPS) is 9.92. The highest BCUT2D eigenvalue weighted by Gasteiger charge is 2.07. The minimum Gasteiger partial charge on any atom is -0.207 e. The fourth-order valence-corrected chi connectivity index (χ4v) is 1.09. The minimum atomic E-state index is -0.529. The van der Waals surface area contributed by atoms with E-state index in [4.69, 9.17) is 12.2 Å². The molecule has 64 valence electrons. The maximum Gasteiger partial charge on any atom is 0.129 e. The Balaban J connectivity index is 3.04. The van der Waals surface area contributed by atoms with Crippen LogP contribution in [-0.4, -0.2) is 4.86 Å². The van der Waals surface area contributed by atoms with Gasteiger partial charge in [-0.3, -0.25) is 0 Å². The van der Waals surface area contributed by atoms with E-state index in [1.54, 1.807) is 6.92 Å². The Morgan fingerprint density at radius 2 is 1.83 bits per heavy atom. The first-order valence-corrected chi connectivity index (χ1v) is 3.94. The van der Waals surface area contributed by atoms with Gasteiger partial charge in [0.25, 0.3) is 0 Å². The molecule has 0 atom stereocenters. The van der Waals surface area contributed by atoms with Gasteiger partial charge < -0.3 is 0 Å². The van der Waals surface area contributed by atoms with Crippen molar-refractivity contribution >= 4 is 17.1 Å². The predicted molar refractivity (Wildman–Crippen MR) is 48.3 cm³/mol. The van der Waals surface area contributed by atoms with Crippen molar-refractivity contribution in [3.05, 3.63) is 35.4 Å². The van der Waals surface area contributed by atoms with Crippen LogP contribution in [-0.2, 0) is 6.42 Å². The molecule has 0 nitrogen and oxygen atoms in total. The van der Waals surface area contributed by atoms with Crippen LogP contribution in [0.2, 0.25) is 0 Å². The number of thiocarbonyl (C=S) groups is 1. The average molecular weight is 186 g/mol. The Morgan fingerprint density at radius 1 is 1.33 bits per heavy atom. The first-order chi connectivity index (χ1) is 5.61. The molecule has 1 rings (SSSR count). The third kappa shape index (κ3) is 2.08. The third-order valence-electron chi connectivity index (χ3n) is 1.49. The molecule has 0 aliphatic rings. The standard InChI is InChI=1S/C9H8F2S/c1-6(12)5-7-8(10)3-2-4-9(7)11/h2-4H,5H2,1H3. The van der Waals surface area contributed by atoms with Crippen LogP contribution in [0.25, 0.3) is 0 Å². The highest BCUT2D eigenvalue weighted by molar-refractivity contribution is 7.80. The fourth-order valence-electron chi connectivity index (χ4n) is 0.950. The topological polar surface area (TPSA) is 0 Å². The van der Waals surface area contributed by atoms with Crippen molar-refractivity contribution in [2.24, 2.45) is 0 Å². The lowest BCUT2D eigenvalue weighted by Gasteiger charge is -2.02. The van der Waals surface area contributed by atoms with Gasteiger partial charge in [-0.1, -0.05) is 18.3 Å². The molecule has 0 N–H and O–H groups in total. The summed E-state index contributed by atoms with van der Waals surface area (Å²) in [6.45, 7) is 1.67. The zero-order valence-electron chi connectivity index (χ0n) is 6.60. The monoisotopic (exact) mass is 186 g/mol. The van der Waals surface area contributed by atoms with Gasteiger partial charge >= 0.3 is 0 Å². The van der Waals surface area contributed by atoms with Crippen molar-refractivity contribution in [3.8, 4) is 0 Å². The zero-order valence-corrected chi connectivity index (χ0v) is 7.42. The second-order valence-electron chi connectivity index (χ2n) is 2.58. The van der Waals surface area contributed by atoms with Crippen LogP contribution in [0.4, 0.5) is 8.78 Å². The Bertz CT molecular complexity index is 287. The van der Waals surface area contributed by atoms with Gasteiger partial charge in [0.2, 0.25) is 0 Å². The maximum atomic E-state index is 12.9. The van der Waals surface area contributed by atoms with Crippen molar-refractivity contribution in [1.82, 2.24) is 0 Å². The summed E-state index contributed by atoms with van der Waals surface area (Å²) in [4.78, 5) is 0.582. The van der Waals surface area contributed by atoms with Crippen LogP contribution >= 0.6 is 12.2 Å².